The van der Waals surface area contributed by atoms with Gasteiger partial charge in [0.2, 0.25) is 0 Å². The van der Waals surface area contributed by atoms with Gasteiger partial charge >= 0.3 is 5.97 Å². The van der Waals surface area contributed by atoms with Crippen molar-refractivity contribution < 1.29 is 9.63 Å². The normalized spacial score (nSPS) is 17.2. The highest BCUT2D eigenvalue weighted by atomic mass is 35.5. The topological polar surface area (TPSA) is 38.7 Å². The van der Waals surface area contributed by atoms with Crippen LogP contribution in [-0.2, 0) is 9.63 Å². The quantitative estimate of drug-likeness (QED) is 0.475. The van der Waals surface area contributed by atoms with Gasteiger partial charge in [-0.15, -0.1) is 11.6 Å². The molecule has 0 aromatic heterocycles. The maximum Gasteiger partial charge on any atom is 0.367 e. The number of alkyl halides is 1. The summed E-state index contributed by atoms with van der Waals surface area (Å²) in [4.78, 5) is 15.9. The average molecular weight is 291 g/mol. The zero-order chi connectivity index (χ0) is 12.4. The number of carbonyl (C=O) groups excluding carboxylic acids is 1. The Balaban J connectivity index is 2.42. The van der Waals surface area contributed by atoms with Gasteiger partial charge in [0.05, 0.1) is 11.5 Å². The Morgan fingerprint density at radius 3 is 2.76 bits per heavy atom. The summed E-state index contributed by atoms with van der Waals surface area (Å²) in [6.07, 6.45) is 1.58. The summed E-state index contributed by atoms with van der Waals surface area (Å²) in [6, 6.07) is 4.97. The van der Waals surface area contributed by atoms with Crippen molar-refractivity contribution in [1.82, 2.24) is 0 Å². The molecule has 1 aromatic carbocycles. The Bertz CT molecular complexity index is 538. The van der Waals surface area contributed by atoms with Gasteiger partial charge in [-0.2, -0.15) is 0 Å². The van der Waals surface area contributed by atoms with E-state index >= 15 is 0 Å². The van der Waals surface area contributed by atoms with E-state index in [1.807, 2.05) is 0 Å². The first-order chi connectivity index (χ1) is 8.11. The smallest absolute Gasteiger partial charge is 0.312 e. The predicted octanol–water partition coefficient (Wildman–Crippen LogP) is 3.53. The van der Waals surface area contributed by atoms with Crippen LogP contribution in [-0.4, -0.2) is 17.6 Å². The molecule has 1 aromatic rings. The minimum Gasteiger partial charge on any atom is -0.312 e. The molecule has 0 bridgehead atoms. The lowest BCUT2D eigenvalue weighted by Gasteiger charge is -2.00. The number of hydrogen-bond acceptors (Lipinski definition) is 3. The number of oxime groups is 1. The second kappa shape index (κ2) is 5.08. The number of carbonyl (C=O) groups is 1. The van der Waals surface area contributed by atoms with Gasteiger partial charge < -0.3 is 4.84 Å². The van der Waals surface area contributed by atoms with Gasteiger partial charge in [-0.1, -0.05) is 34.4 Å². The molecular formula is C11H6Cl3NO2. The summed E-state index contributed by atoms with van der Waals surface area (Å²) in [5.74, 6) is -0.436. The molecule has 2 rings (SSSR count). The SMILES string of the molecule is O=C1ON=C(CCl)/C1=C\c1ccc(Cl)cc1Cl. The van der Waals surface area contributed by atoms with Crippen LogP contribution in [0.5, 0.6) is 0 Å². The second-order valence-corrected chi connectivity index (χ2v) is 4.39. The minimum atomic E-state index is -0.535. The number of hydrogen-bond donors (Lipinski definition) is 0. The molecule has 0 saturated heterocycles. The summed E-state index contributed by atoms with van der Waals surface area (Å²) in [6.45, 7) is 0. The van der Waals surface area contributed by atoms with E-state index in [-0.39, 0.29) is 5.88 Å². The molecule has 0 spiro atoms. The summed E-state index contributed by atoms with van der Waals surface area (Å²) in [7, 11) is 0. The largest absolute Gasteiger partial charge is 0.367 e. The Morgan fingerprint density at radius 1 is 1.35 bits per heavy atom. The first-order valence-electron chi connectivity index (χ1n) is 4.63. The fraction of sp³-hybridized carbons (Fsp3) is 0.0909. The second-order valence-electron chi connectivity index (χ2n) is 3.27. The zero-order valence-electron chi connectivity index (χ0n) is 8.41. The average Bonchev–Trinajstić information content (AvgIpc) is 2.64. The van der Waals surface area contributed by atoms with E-state index in [1.54, 1.807) is 24.3 Å². The molecule has 1 aliphatic rings. The molecule has 1 aliphatic heterocycles. The molecule has 1 heterocycles. The lowest BCUT2D eigenvalue weighted by Crippen LogP contribution is -2.06. The van der Waals surface area contributed by atoms with E-state index in [1.165, 1.54) is 0 Å². The van der Waals surface area contributed by atoms with Crippen molar-refractivity contribution in [2.45, 2.75) is 0 Å². The lowest BCUT2D eigenvalue weighted by atomic mass is 10.1. The maximum absolute atomic E-state index is 11.4. The Hall–Kier alpha value is -1.03. The molecule has 17 heavy (non-hydrogen) atoms. The van der Waals surface area contributed by atoms with Crippen molar-refractivity contribution in [3.63, 3.8) is 0 Å². The third-order valence-electron chi connectivity index (χ3n) is 2.16. The summed E-state index contributed by atoms with van der Waals surface area (Å²) in [5.41, 5.74) is 1.36. The van der Waals surface area contributed by atoms with E-state index in [0.29, 0.717) is 26.9 Å². The molecule has 0 saturated carbocycles. The first kappa shape index (κ1) is 12.4. The minimum absolute atomic E-state index is 0.1000. The fourth-order valence-corrected chi connectivity index (χ4v) is 1.98. The van der Waals surface area contributed by atoms with Crippen LogP contribution in [0.2, 0.25) is 10.0 Å². The van der Waals surface area contributed by atoms with Gasteiger partial charge in [0.1, 0.15) is 5.71 Å². The van der Waals surface area contributed by atoms with Gasteiger partial charge in [0.25, 0.3) is 0 Å². The lowest BCUT2D eigenvalue weighted by molar-refractivity contribution is -0.136. The molecule has 0 N–H and O–H groups in total. The molecule has 88 valence electrons. The van der Waals surface area contributed by atoms with E-state index in [0.717, 1.165) is 0 Å². The number of benzene rings is 1. The van der Waals surface area contributed by atoms with Gasteiger partial charge in [0, 0.05) is 10.0 Å². The first-order valence-corrected chi connectivity index (χ1v) is 5.92. The fourth-order valence-electron chi connectivity index (χ4n) is 1.33. The van der Waals surface area contributed by atoms with E-state index in [2.05, 4.69) is 9.99 Å². The van der Waals surface area contributed by atoms with Gasteiger partial charge in [-0.25, -0.2) is 4.79 Å². The number of nitrogens with zero attached hydrogens (tertiary/aromatic N) is 1. The van der Waals surface area contributed by atoms with Gasteiger partial charge in [-0.05, 0) is 23.8 Å². The number of rotatable bonds is 2. The van der Waals surface area contributed by atoms with E-state index in [4.69, 9.17) is 34.8 Å². The van der Waals surface area contributed by atoms with Crippen LogP contribution in [0, 0.1) is 0 Å². The van der Waals surface area contributed by atoms with Crippen LogP contribution in [0.15, 0.2) is 28.9 Å². The van der Waals surface area contributed by atoms with Crippen molar-refractivity contribution in [1.29, 1.82) is 0 Å². The van der Waals surface area contributed by atoms with Gasteiger partial charge in [-0.3, -0.25) is 0 Å². The summed E-state index contributed by atoms with van der Waals surface area (Å²) >= 11 is 17.4. The van der Waals surface area contributed by atoms with Crippen molar-refractivity contribution in [3.05, 3.63) is 39.4 Å². The van der Waals surface area contributed by atoms with Crippen molar-refractivity contribution >= 4 is 52.6 Å². The van der Waals surface area contributed by atoms with Crippen LogP contribution in [0.1, 0.15) is 5.56 Å². The van der Waals surface area contributed by atoms with Crippen LogP contribution in [0.3, 0.4) is 0 Å². The predicted molar refractivity (Wildman–Crippen MR) is 68.7 cm³/mol. The molecule has 0 radical (unpaired) electrons. The van der Waals surface area contributed by atoms with Gasteiger partial charge in [0.15, 0.2) is 0 Å². The zero-order valence-corrected chi connectivity index (χ0v) is 10.7. The molecule has 0 fully saturated rings. The maximum atomic E-state index is 11.4. The van der Waals surface area contributed by atoms with Crippen LogP contribution in [0.4, 0.5) is 0 Å². The highest BCUT2D eigenvalue weighted by Crippen LogP contribution is 2.25. The molecule has 3 nitrogen and oxygen atoms in total. The third kappa shape index (κ3) is 2.63. The summed E-state index contributed by atoms with van der Waals surface area (Å²) in [5, 5.41) is 4.53. The Kier molecular flexibility index (Phi) is 3.72. The summed E-state index contributed by atoms with van der Waals surface area (Å²) < 4.78 is 0. The third-order valence-corrected chi connectivity index (χ3v) is 2.97. The van der Waals surface area contributed by atoms with Crippen LogP contribution < -0.4 is 0 Å². The van der Waals surface area contributed by atoms with Crippen molar-refractivity contribution in [2.24, 2.45) is 5.16 Å². The Labute approximate surface area is 113 Å². The monoisotopic (exact) mass is 289 g/mol. The molecule has 0 amide bonds. The molecule has 6 heteroatoms. The van der Waals surface area contributed by atoms with E-state index < -0.39 is 5.97 Å². The molecular weight excluding hydrogens is 284 g/mol. The number of halogens is 3. The van der Waals surface area contributed by atoms with Crippen LogP contribution >= 0.6 is 34.8 Å². The van der Waals surface area contributed by atoms with Crippen molar-refractivity contribution in [2.75, 3.05) is 5.88 Å². The molecule has 0 atom stereocenters. The highest BCUT2D eigenvalue weighted by Gasteiger charge is 2.24. The molecule has 0 unspecified atom stereocenters. The molecule has 0 aliphatic carbocycles. The van der Waals surface area contributed by atoms with Crippen molar-refractivity contribution in [3.8, 4) is 0 Å². The standard InChI is InChI=1S/C11H6Cl3NO2/c12-5-10-8(11(16)17-15-10)3-6-1-2-7(13)4-9(6)14/h1-4H,5H2/b8-3+. The van der Waals surface area contributed by atoms with Crippen LogP contribution in [0.25, 0.3) is 6.08 Å². The highest BCUT2D eigenvalue weighted by molar-refractivity contribution is 6.39. The van der Waals surface area contributed by atoms with E-state index in [9.17, 15) is 4.79 Å². The Morgan fingerprint density at radius 2 is 2.12 bits per heavy atom.